The van der Waals surface area contributed by atoms with Crippen LogP contribution < -0.4 is 5.32 Å². The Morgan fingerprint density at radius 3 is 2.86 bits per heavy atom. The highest BCUT2D eigenvalue weighted by Gasteiger charge is 2.26. The molecule has 1 saturated heterocycles. The lowest BCUT2D eigenvalue weighted by Crippen LogP contribution is -2.37. The number of carbonyl (C=O) groups excluding carboxylic acids is 3. The van der Waals surface area contributed by atoms with Gasteiger partial charge in [0.2, 0.25) is 0 Å². The highest BCUT2D eigenvalue weighted by Crippen LogP contribution is 2.20. The molecule has 0 atom stereocenters. The fraction of sp³-hybridized carbons (Fsp3) is 0.214. The second-order valence-corrected chi connectivity index (χ2v) is 4.76. The van der Waals surface area contributed by atoms with Crippen molar-refractivity contribution >= 4 is 35.6 Å². The van der Waals surface area contributed by atoms with Crippen LogP contribution in [0.3, 0.4) is 0 Å². The zero-order chi connectivity index (χ0) is 16.1. The van der Waals surface area contributed by atoms with Crippen molar-refractivity contribution in [2.75, 3.05) is 19.7 Å². The number of amides is 3. The first-order chi connectivity index (χ1) is 10.5. The van der Waals surface area contributed by atoms with Gasteiger partial charge < -0.3 is 10.1 Å². The lowest BCUT2D eigenvalue weighted by molar-refractivity contribution is -0.146. The second kappa shape index (κ2) is 7.04. The normalized spacial score (nSPS) is 14.3. The standard InChI is InChI=1S/C14H12ClFN2O4/c15-10-2-1-3-11(16)9(10)4-5-13(20)22-8-12(19)18-7-6-17-14(18)21/h1-5H,6-8H2,(H,17,21)/b5-4+. The predicted octanol–water partition coefficient (Wildman–Crippen LogP) is 1.59. The Morgan fingerprint density at radius 2 is 2.23 bits per heavy atom. The molecule has 1 aromatic rings. The summed E-state index contributed by atoms with van der Waals surface area (Å²) in [6, 6.07) is 3.60. The summed E-state index contributed by atoms with van der Waals surface area (Å²) in [4.78, 5) is 35.3. The molecule has 1 N–H and O–H groups in total. The molecule has 0 aliphatic carbocycles. The minimum Gasteiger partial charge on any atom is -0.452 e. The Hall–Kier alpha value is -2.41. The average molecular weight is 327 g/mol. The molecule has 0 saturated carbocycles. The van der Waals surface area contributed by atoms with E-state index in [0.717, 1.165) is 17.1 Å². The van der Waals surface area contributed by atoms with Gasteiger partial charge in [0.15, 0.2) is 6.61 Å². The van der Waals surface area contributed by atoms with Crippen LogP contribution in [0.25, 0.3) is 6.08 Å². The first-order valence-electron chi connectivity index (χ1n) is 6.36. The van der Waals surface area contributed by atoms with Crippen molar-refractivity contribution in [1.29, 1.82) is 0 Å². The van der Waals surface area contributed by atoms with Gasteiger partial charge in [-0.2, -0.15) is 0 Å². The zero-order valence-corrected chi connectivity index (χ0v) is 12.1. The van der Waals surface area contributed by atoms with Crippen LogP contribution in [0.15, 0.2) is 24.3 Å². The Balaban J connectivity index is 1.89. The fourth-order valence-corrected chi connectivity index (χ4v) is 2.02. The van der Waals surface area contributed by atoms with Crippen LogP contribution in [0.1, 0.15) is 5.56 Å². The van der Waals surface area contributed by atoms with E-state index in [1.807, 2.05) is 0 Å². The molecule has 0 radical (unpaired) electrons. The van der Waals surface area contributed by atoms with E-state index < -0.39 is 30.3 Å². The van der Waals surface area contributed by atoms with Gasteiger partial charge in [-0.25, -0.2) is 14.0 Å². The number of hydrogen-bond acceptors (Lipinski definition) is 4. The van der Waals surface area contributed by atoms with Crippen LogP contribution in [-0.2, 0) is 14.3 Å². The molecular formula is C14H12ClFN2O4. The second-order valence-electron chi connectivity index (χ2n) is 4.35. The first-order valence-corrected chi connectivity index (χ1v) is 6.74. The molecule has 116 valence electrons. The van der Waals surface area contributed by atoms with Crippen LogP contribution >= 0.6 is 11.6 Å². The quantitative estimate of drug-likeness (QED) is 0.673. The van der Waals surface area contributed by atoms with Crippen molar-refractivity contribution in [2.45, 2.75) is 0 Å². The Kier molecular flexibility index (Phi) is 5.11. The minimum absolute atomic E-state index is 0.0476. The van der Waals surface area contributed by atoms with Crippen molar-refractivity contribution in [3.63, 3.8) is 0 Å². The molecule has 0 bridgehead atoms. The van der Waals surface area contributed by atoms with E-state index in [2.05, 4.69) is 5.32 Å². The average Bonchev–Trinajstić information content (AvgIpc) is 2.90. The number of imide groups is 1. The molecule has 0 unspecified atom stereocenters. The molecule has 1 aliphatic heterocycles. The number of benzene rings is 1. The largest absolute Gasteiger partial charge is 0.452 e. The van der Waals surface area contributed by atoms with E-state index in [4.69, 9.17) is 16.3 Å². The number of esters is 1. The third-order valence-corrected chi connectivity index (χ3v) is 3.21. The zero-order valence-electron chi connectivity index (χ0n) is 11.3. The predicted molar refractivity (Wildman–Crippen MR) is 76.5 cm³/mol. The number of hydrogen-bond donors (Lipinski definition) is 1. The van der Waals surface area contributed by atoms with E-state index in [0.29, 0.717) is 6.54 Å². The van der Waals surface area contributed by atoms with Gasteiger partial charge in [0.25, 0.3) is 5.91 Å². The van der Waals surface area contributed by atoms with Gasteiger partial charge in [-0.15, -0.1) is 0 Å². The number of urea groups is 1. The molecule has 1 heterocycles. The summed E-state index contributed by atoms with van der Waals surface area (Å²) >= 11 is 5.79. The smallest absolute Gasteiger partial charge is 0.331 e. The van der Waals surface area contributed by atoms with Crippen LogP contribution in [0.2, 0.25) is 5.02 Å². The molecule has 6 nitrogen and oxygen atoms in total. The molecule has 8 heteroatoms. The highest BCUT2D eigenvalue weighted by atomic mass is 35.5. The van der Waals surface area contributed by atoms with Gasteiger partial charge in [-0.1, -0.05) is 17.7 Å². The number of halogens is 2. The maximum atomic E-state index is 13.5. The van der Waals surface area contributed by atoms with Gasteiger partial charge in [-0.05, 0) is 18.2 Å². The Labute approximate surface area is 130 Å². The van der Waals surface area contributed by atoms with E-state index in [9.17, 15) is 18.8 Å². The number of nitrogens with one attached hydrogen (secondary N) is 1. The van der Waals surface area contributed by atoms with Crippen LogP contribution in [0.4, 0.5) is 9.18 Å². The highest BCUT2D eigenvalue weighted by molar-refractivity contribution is 6.32. The lowest BCUT2D eigenvalue weighted by Gasteiger charge is -2.11. The van der Waals surface area contributed by atoms with Gasteiger partial charge in [0.05, 0.1) is 5.02 Å². The van der Waals surface area contributed by atoms with E-state index in [-0.39, 0.29) is 17.1 Å². The summed E-state index contributed by atoms with van der Waals surface area (Å²) in [5, 5.41) is 2.60. The maximum Gasteiger partial charge on any atom is 0.331 e. The molecule has 1 aromatic carbocycles. The topological polar surface area (TPSA) is 75.7 Å². The Morgan fingerprint density at radius 1 is 1.45 bits per heavy atom. The molecule has 3 amide bonds. The molecular weight excluding hydrogens is 315 g/mol. The van der Waals surface area contributed by atoms with Gasteiger partial charge in [0, 0.05) is 24.7 Å². The third-order valence-electron chi connectivity index (χ3n) is 2.88. The fourth-order valence-electron chi connectivity index (χ4n) is 1.79. The summed E-state index contributed by atoms with van der Waals surface area (Å²) in [7, 11) is 0. The lowest BCUT2D eigenvalue weighted by atomic mass is 10.2. The third kappa shape index (κ3) is 3.82. The molecule has 22 heavy (non-hydrogen) atoms. The summed E-state index contributed by atoms with van der Waals surface area (Å²) in [5.41, 5.74) is 0.0476. The summed E-state index contributed by atoms with van der Waals surface area (Å²) < 4.78 is 18.2. The number of ether oxygens (including phenoxy) is 1. The summed E-state index contributed by atoms with van der Waals surface area (Å²) in [6.07, 6.45) is 2.12. The minimum atomic E-state index is -0.840. The SMILES string of the molecule is O=C(/C=C/c1c(F)cccc1Cl)OCC(=O)N1CCNC1=O. The number of carbonyl (C=O) groups is 3. The van der Waals surface area contributed by atoms with Crippen molar-refractivity contribution in [1.82, 2.24) is 10.2 Å². The summed E-state index contributed by atoms with van der Waals surface area (Å²) in [6.45, 7) is 0.0295. The maximum absolute atomic E-state index is 13.5. The molecule has 1 aliphatic rings. The van der Waals surface area contributed by atoms with Crippen molar-refractivity contribution in [2.24, 2.45) is 0 Å². The molecule has 2 rings (SSSR count). The van der Waals surface area contributed by atoms with Crippen LogP contribution in [0.5, 0.6) is 0 Å². The van der Waals surface area contributed by atoms with Gasteiger partial charge >= 0.3 is 12.0 Å². The van der Waals surface area contributed by atoms with Crippen LogP contribution in [0, 0.1) is 5.82 Å². The molecule has 0 aromatic heterocycles. The van der Waals surface area contributed by atoms with Gasteiger partial charge in [0.1, 0.15) is 5.82 Å². The van der Waals surface area contributed by atoms with Crippen molar-refractivity contribution in [3.8, 4) is 0 Å². The van der Waals surface area contributed by atoms with E-state index >= 15 is 0 Å². The van der Waals surface area contributed by atoms with E-state index in [1.54, 1.807) is 0 Å². The van der Waals surface area contributed by atoms with E-state index in [1.165, 1.54) is 18.2 Å². The molecule has 0 spiro atoms. The van der Waals surface area contributed by atoms with Crippen molar-refractivity contribution in [3.05, 3.63) is 40.7 Å². The van der Waals surface area contributed by atoms with Crippen LogP contribution in [-0.4, -0.2) is 42.5 Å². The number of rotatable bonds is 4. The monoisotopic (exact) mass is 326 g/mol. The van der Waals surface area contributed by atoms with Gasteiger partial charge in [-0.3, -0.25) is 9.69 Å². The molecule has 1 fully saturated rings. The van der Waals surface area contributed by atoms with Crippen molar-refractivity contribution < 1.29 is 23.5 Å². The number of nitrogens with zero attached hydrogens (tertiary/aromatic N) is 1. The Bertz CT molecular complexity index is 627. The summed E-state index contributed by atoms with van der Waals surface area (Å²) in [5.74, 6) is -2.05. The first kappa shape index (κ1) is 16.0.